The van der Waals surface area contributed by atoms with Crippen molar-refractivity contribution >= 4 is 7.12 Å². The summed E-state index contributed by atoms with van der Waals surface area (Å²) in [6.07, 6.45) is 4.75. The van der Waals surface area contributed by atoms with Gasteiger partial charge < -0.3 is 14.0 Å². The molecular weight excluding hydrogens is 191 g/mol. The summed E-state index contributed by atoms with van der Waals surface area (Å²) in [5.41, 5.74) is -0.465. The Labute approximate surface area is 91.9 Å². The molecule has 0 aromatic heterocycles. The number of rotatable bonds is 1. The Morgan fingerprint density at radius 1 is 1.13 bits per heavy atom. The fraction of sp³-hybridized carbons (Fsp3) is 0.818. The van der Waals surface area contributed by atoms with E-state index in [0.29, 0.717) is 5.82 Å². The minimum atomic E-state index is -0.232. The molecule has 1 saturated heterocycles. The van der Waals surface area contributed by atoms with Crippen molar-refractivity contribution in [2.24, 2.45) is 0 Å². The second-order valence-corrected chi connectivity index (χ2v) is 5.28. The van der Waals surface area contributed by atoms with E-state index >= 15 is 0 Å². The Balaban J connectivity index is 2.08. The molecule has 0 aliphatic carbocycles. The molecule has 4 heteroatoms. The van der Waals surface area contributed by atoms with Crippen molar-refractivity contribution in [2.75, 3.05) is 6.61 Å². The standard InChI is InChI=1S/C11H19BO3/c1-10(2)11(3,4)15-12(14-10)9-5-7-13-8-6-9/h5,7,9H,6,8H2,1-4H3/t9-/m1/s1. The quantitative estimate of drug-likeness (QED) is 0.622. The van der Waals surface area contributed by atoms with Crippen molar-refractivity contribution in [1.29, 1.82) is 0 Å². The first-order chi connectivity index (χ1) is 6.92. The summed E-state index contributed by atoms with van der Waals surface area (Å²) in [7, 11) is -0.129. The van der Waals surface area contributed by atoms with Gasteiger partial charge in [0, 0.05) is 5.82 Å². The average molecular weight is 210 g/mol. The molecule has 0 spiro atoms. The Kier molecular flexibility index (Phi) is 2.59. The van der Waals surface area contributed by atoms with Crippen LogP contribution in [0.1, 0.15) is 34.1 Å². The molecule has 0 N–H and O–H groups in total. The van der Waals surface area contributed by atoms with Crippen molar-refractivity contribution < 1.29 is 14.0 Å². The molecule has 0 saturated carbocycles. The lowest BCUT2D eigenvalue weighted by Gasteiger charge is -2.32. The molecule has 2 aliphatic heterocycles. The zero-order valence-corrected chi connectivity index (χ0v) is 9.95. The van der Waals surface area contributed by atoms with E-state index in [2.05, 4.69) is 27.7 Å². The van der Waals surface area contributed by atoms with Crippen LogP contribution in [0.25, 0.3) is 0 Å². The Morgan fingerprint density at radius 2 is 1.73 bits per heavy atom. The van der Waals surface area contributed by atoms with Gasteiger partial charge >= 0.3 is 7.12 Å². The summed E-state index contributed by atoms with van der Waals surface area (Å²) < 4.78 is 17.1. The first kappa shape index (κ1) is 11.0. The van der Waals surface area contributed by atoms with Crippen molar-refractivity contribution in [3.05, 3.63) is 12.3 Å². The van der Waals surface area contributed by atoms with Gasteiger partial charge in [-0.3, -0.25) is 0 Å². The van der Waals surface area contributed by atoms with E-state index < -0.39 is 0 Å². The lowest BCUT2D eigenvalue weighted by Crippen LogP contribution is -2.41. The summed E-state index contributed by atoms with van der Waals surface area (Å²) in [4.78, 5) is 0. The molecule has 2 aliphatic rings. The summed E-state index contributed by atoms with van der Waals surface area (Å²) >= 11 is 0. The molecule has 1 atom stereocenters. The maximum absolute atomic E-state index is 5.97. The predicted molar refractivity (Wildman–Crippen MR) is 59.5 cm³/mol. The minimum Gasteiger partial charge on any atom is -0.502 e. The lowest BCUT2D eigenvalue weighted by molar-refractivity contribution is 0.00578. The third-order valence-electron chi connectivity index (χ3n) is 3.61. The third kappa shape index (κ3) is 1.93. The van der Waals surface area contributed by atoms with Crippen LogP contribution >= 0.6 is 0 Å². The van der Waals surface area contributed by atoms with Gasteiger partial charge in [0.25, 0.3) is 0 Å². The number of hydrogen-bond donors (Lipinski definition) is 0. The van der Waals surface area contributed by atoms with Crippen LogP contribution in [0.2, 0.25) is 5.82 Å². The number of allylic oxidation sites excluding steroid dienone is 1. The van der Waals surface area contributed by atoms with Crippen LogP contribution in [0.3, 0.4) is 0 Å². The lowest BCUT2D eigenvalue weighted by atomic mass is 9.70. The van der Waals surface area contributed by atoms with Crippen molar-refractivity contribution in [2.45, 2.75) is 51.1 Å². The zero-order valence-electron chi connectivity index (χ0n) is 9.95. The molecule has 0 radical (unpaired) electrons. The smallest absolute Gasteiger partial charge is 0.465 e. The van der Waals surface area contributed by atoms with Gasteiger partial charge in [0.1, 0.15) is 0 Å². The summed E-state index contributed by atoms with van der Waals surface area (Å²) in [5, 5.41) is 0. The van der Waals surface area contributed by atoms with E-state index in [1.807, 2.05) is 6.08 Å². The van der Waals surface area contributed by atoms with Gasteiger partial charge in [-0.2, -0.15) is 0 Å². The molecule has 3 nitrogen and oxygen atoms in total. The highest BCUT2D eigenvalue weighted by atomic mass is 16.7. The first-order valence-electron chi connectivity index (χ1n) is 5.56. The van der Waals surface area contributed by atoms with E-state index in [1.165, 1.54) is 0 Å². The monoisotopic (exact) mass is 210 g/mol. The molecule has 0 aromatic carbocycles. The number of hydrogen-bond acceptors (Lipinski definition) is 3. The normalized spacial score (nSPS) is 32.8. The maximum atomic E-state index is 5.97. The molecule has 0 aromatic rings. The SMILES string of the molecule is CC1(C)OB([C@@H]2C=COCC2)OC1(C)C. The fourth-order valence-corrected chi connectivity index (χ4v) is 1.82. The topological polar surface area (TPSA) is 27.7 Å². The van der Waals surface area contributed by atoms with Crippen molar-refractivity contribution in [3.63, 3.8) is 0 Å². The predicted octanol–water partition coefficient (Wildman–Crippen LogP) is 2.38. The Bertz CT molecular complexity index is 257. The molecular formula is C11H19BO3. The molecule has 0 unspecified atom stereocenters. The summed E-state index contributed by atoms with van der Waals surface area (Å²) in [6, 6.07) is 0. The van der Waals surface area contributed by atoms with Crippen LogP contribution in [-0.4, -0.2) is 24.9 Å². The largest absolute Gasteiger partial charge is 0.502 e. The second-order valence-electron chi connectivity index (χ2n) is 5.28. The summed E-state index contributed by atoms with van der Waals surface area (Å²) in [6.45, 7) is 9.07. The Hall–Kier alpha value is -0.475. The Morgan fingerprint density at radius 3 is 2.20 bits per heavy atom. The van der Waals surface area contributed by atoms with E-state index in [1.54, 1.807) is 6.26 Å². The third-order valence-corrected chi connectivity index (χ3v) is 3.61. The highest BCUT2D eigenvalue weighted by Gasteiger charge is 2.53. The van der Waals surface area contributed by atoms with Crippen LogP contribution < -0.4 is 0 Å². The van der Waals surface area contributed by atoms with Gasteiger partial charge in [0.15, 0.2) is 0 Å². The average Bonchev–Trinajstić information content (AvgIpc) is 2.38. The minimum absolute atomic E-state index is 0.129. The van der Waals surface area contributed by atoms with Crippen LogP contribution in [0.5, 0.6) is 0 Å². The van der Waals surface area contributed by atoms with Crippen LogP contribution in [0.4, 0.5) is 0 Å². The van der Waals surface area contributed by atoms with E-state index in [9.17, 15) is 0 Å². The number of ether oxygens (including phenoxy) is 1. The molecule has 15 heavy (non-hydrogen) atoms. The molecule has 84 valence electrons. The van der Waals surface area contributed by atoms with E-state index in [-0.39, 0.29) is 18.3 Å². The molecule has 1 fully saturated rings. The van der Waals surface area contributed by atoms with E-state index in [4.69, 9.17) is 14.0 Å². The van der Waals surface area contributed by atoms with Crippen LogP contribution in [0.15, 0.2) is 12.3 Å². The highest BCUT2D eigenvalue weighted by Crippen LogP contribution is 2.41. The molecule has 2 heterocycles. The van der Waals surface area contributed by atoms with Crippen LogP contribution in [-0.2, 0) is 14.0 Å². The molecule has 0 amide bonds. The molecule has 2 rings (SSSR count). The van der Waals surface area contributed by atoms with Crippen LogP contribution in [0, 0.1) is 0 Å². The van der Waals surface area contributed by atoms with Crippen molar-refractivity contribution in [3.8, 4) is 0 Å². The van der Waals surface area contributed by atoms with Crippen molar-refractivity contribution in [1.82, 2.24) is 0 Å². The molecule has 0 bridgehead atoms. The van der Waals surface area contributed by atoms with E-state index in [0.717, 1.165) is 13.0 Å². The van der Waals surface area contributed by atoms with Gasteiger partial charge in [0.2, 0.25) is 0 Å². The fourth-order valence-electron chi connectivity index (χ4n) is 1.82. The highest BCUT2D eigenvalue weighted by molar-refractivity contribution is 6.48. The summed E-state index contributed by atoms with van der Waals surface area (Å²) in [5.74, 6) is 0.319. The first-order valence-corrected chi connectivity index (χ1v) is 5.56. The zero-order chi connectivity index (χ0) is 11.1. The van der Waals surface area contributed by atoms with Gasteiger partial charge in [0.05, 0.1) is 24.1 Å². The van der Waals surface area contributed by atoms with Gasteiger partial charge in [-0.15, -0.1) is 0 Å². The van der Waals surface area contributed by atoms with Gasteiger partial charge in [-0.1, -0.05) is 0 Å². The van der Waals surface area contributed by atoms with Gasteiger partial charge in [-0.25, -0.2) is 0 Å². The van der Waals surface area contributed by atoms with Gasteiger partial charge in [-0.05, 0) is 40.2 Å². The maximum Gasteiger partial charge on any atom is 0.465 e. The second kappa shape index (κ2) is 3.53.